The highest BCUT2D eigenvalue weighted by atomic mass is 32.1. The summed E-state index contributed by atoms with van der Waals surface area (Å²) in [6, 6.07) is 9.45. The van der Waals surface area contributed by atoms with Crippen molar-refractivity contribution < 1.29 is 9.53 Å². The SMILES string of the molecule is CCOC(=O)Cc1csc(N)n1.Cc1csc(N)n1.NCCc1ccccn1.Nc1cccnc1. The number of nitrogen functional groups attached to an aromatic ring is 3. The topological polar surface area (TPSA) is 182 Å². The Morgan fingerprint density at radius 2 is 1.71 bits per heavy atom. The van der Waals surface area contributed by atoms with Gasteiger partial charge in [-0.05, 0) is 44.7 Å². The van der Waals surface area contributed by atoms with Gasteiger partial charge in [0.05, 0.1) is 30.1 Å². The summed E-state index contributed by atoms with van der Waals surface area (Å²) in [5.74, 6) is -0.261. The number of hydrogen-bond donors (Lipinski definition) is 4. The van der Waals surface area contributed by atoms with Crippen molar-refractivity contribution in [3.8, 4) is 0 Å². The van der Waals surface area contributed by atoms with Crippen molar-refractivity contribution in [2.45, 2.75) is 26.7 Å². The number of pyridine rings is 2. The predicted octanol–water partition coefficient (Wildman–Crippen LogP) is 3.11. The third-order valence-electron chi connectivity index (χ3n) is 3.65. The molecule has 4 aromatic rings. The van der Waals surface area contributed by atoms with Crippen LogP contribution < -0.4 is 22.9 Å². The van der Waals surface area contributed by atoms with Crippen LogP contribution in [-0.2, 0) is 22.4 Å². The van der Waals surface area contributed by atoms with E-state index in [1.807, 2.05) is 30.5 Å². The first kappa shape index (κ1) is 29.4. The monoisotopic (exact) mass is 516 g/mol. The van der Waals surface area contributed by atoms with Gasteiger partial charge in [0.2, 0.25) is 0 Å². The van der Waals surface area contributed by atoms with E-state index in [4.69, 9.17) is 27.7 Å². The largest absolute Gasteiger partial charge is 0.466 e. The molecule has 4 heterocycles. The van der Waals surface area contributed by atoms with E-state index in [1.54, 1.807) is 43.0 Å². The molecule has 12 heteroatoms. The molecule has 0 aliphatic carbocycles. The van der Waals surface area contributed by atoms with Crippen molar-refractivity contribution in [1.82, 2.24) is 19.9 Å². The lowest BCUT2D eigenvalue weighted by molar-refractivity contribution is -0.142. The molecule has 0 saturated carbocycles. The summed E-state index contributed by atoms with van der Waals surface area (Å²) in [6.07, 6.45) is 6.17. The quantitative estimate of drug-likeness (QED) is 0.287. The van der Waals surface area contributed by atoms with Crippen molar-refractivity contribution in [1.29, 1.82) is 0 Å². The van der Waals surface area contributed by atoms with Crippen LogP contribution in [0, 0.1) is 6.92 Å². The van der Waals surface area contributed by atoms with Crippen LogP contribution in [0.2, 0.25) is 0 Å². The lowest BCUT2D eigenvalue weighted by Crippen LogP contribution is -2.07. The van der Waals surface area contributed by atoms with Crippen molar-refractivity contribution in [2.75, 3.05) is 30.4 Å². The molecule has 4 rings (SSSR count). The lowest BCUT2D eigenvalue weighted by Gasteiger charge is -1.97. The van der Waals surface area contributed by atoms with Gasteiger partial charge in [-0.3, -0.25) is 14.8 Å². The number of aromatic nitrogens is 4. The summed E-state index contributed by atoms with van der Waals surface area (Å²) in [5, 5.41) is 4.81. The molecule has 4 aromatic heterocycles. The maximum Gasteiger partial charge on any atom is 0.311 e. The number of ether oxygens (including phenoxy) is 1. The second-order valence-electron chi connectivity index (χ2n) is 6.63. The van der Waals surface area contributed by atoms with Crippen LogP contribution in [0.3, 0.4) is 0 Å². The fraction of sp³-hybridized carbons (Fsp3) is 0.261. The normalized spacial score (nSPS) is 9.34. The first-order chi connectivity index (χ1) is 16.8. The molecule has 0 bridgehead atoms. The Morgan fingerprint density at radius 3 is 2.11 bits per heavy atom. The molecular formula is C23H32N8O2S2. The molecule has 0 fully saturated rings. The fourth-order valence-electron chi connectivity index (χ4n) is 2.21. The van der Waals surface area contributed by atoms with Gasteiger partial charge in [-0.2, -0.15) is 0 Å². The van der Waals surface area contributed by atoms with E-state index in [1.165, 1.54) is 22.7 Å². The van der Waals surface area contributed by atoms with E-state index >= 15 is 0 Å². The van der Waals surface area contributed by atoms with Crippen LogP contribution in [0.4, 0.5) is 16.0 Å². The van der Waals surface area contributed by atoms with Crippen molar-refractivity contribution in [3.05, 3.63) is 76.8 Å². The Labute approximate surface area is 213 Å². The van der Waals surface area contributed by atoms with E-state index in [2.05, 4.69) is 19.9 Å². The van der Waals surface area contributed by atoms with Crippen LogP contribution in [0.1, 0.15) is 24.0 Å². The van der Waals surface area contributed by atoms with Crippen LogP contribution in [-0.4, -0.2) is 39.1 Å². The number of aryl methyl sites for hydroxylation is 1. The smallest absolute Gasteiger partial charge is 0.311 e. The molecular weight excluding hydrogens is 484 g/mol. The zero-order valence-corrected chi connectivity index (χ0v) is 21.5. The van der Waals surface area contributed by atoms with Gasteiger partial charge in [0.15, 0.2) is 10.3 Å². The highest BCUT2D eigenvalue weighted by Crippen LogP contribution is 2.11. The van der Waals surface area contributed by atoms with Gasteiger partial charge in [-0.25, -0.2) is 9.97 Å². The molecule has 0 aromatic carbocycles. The van der Waals surface area contributed by atoms with E-state index < -0.39 is 0 Å². The minimum Gasteiger partial charge on any atom is -0.466 e. The van der Waals surface area contributed by atoms with E-state index in [0.717, 1.165) is 17.8 Å². The number of esters is 1. The zero-order chi connectivity index (χ0) is 25.9. The minimum atomic E-state index is -0.261. The molecule has 188 valence electrons. The van der Waals surface area contributed by atoms with Gasteiger partial charge >= 0.3 is 5.97 Å². The fourth-order valence-corrected chi connectivity index (χ4v) is 3.31. The molecule has 0 spiro atoms. The summed E-state index contributed by atoms with van der Waals surface area (Å²) < 4.78 is 4.74. The highest BCUT2D eigenvalue weighted by molar-refractivity contribution is 7.13. The Morgan fingerprint density at radius 1 is 0.971 bits per heavy atom. The molecule has 10 nitrogen and oxygen atoms in total. The summed E-state index contributed by atoms with van der Waals surface area (Å²) in [4.78, 5) is 26.6. The number of thiazole rings is 2. The van der Waals surface area contributed by atoms with E-state index in [-0.39, 0.29) is 12.4 Å². The third-order valence-corrected chi connectivity index (χ3v) is 5.16. The molecule has 0 radical (unpaired) electrons. The molecule has 0 atom stereocenters. The van der Waals surface area contributed by atoms with Crippen LogP contribution in [0.5, 0.6) is 0 Å². The van der Waals surface area contributed by atoms with Crippen LogP contribution >= 0.6 is 22.7 Å². The van der Waals surface area contributed by atoms with Crippen molar-refractivity contribution >= 4 is 44.6 Å². The first-order valence-electron chi connectivity index (χ1n) is 10.6. The molecule has 0 unspecified atom stereocenters. The van der Waals surface area contributed by atoms with Gasteiger partial charge in [0.25, 0.3) is 0 Å². The number of rotatable bonds is 5. The third kappa shape index (κ3) is 15.0. The van der Waals surface area contributed by atoms with Crippen LogP contribution in [0.25, 0.3) is 0 Å². The van der Waals surface area contributed by atoms with Crippen molar-refractivity contribution in [2.24, 2.45) is 5.73 Å². The van der Waals surface area contributed by atoms with Gasteiger partial charge < -0.3 is 27.7 Å². The highest BCUT2D eigenvalue weighted by Gasteiger charge is 2.06. The number of carbonyl (C=O) groups excluding carboxylic acids is 1. The maximum absolute atomic E-state index is 10.9. The van der Waals surface area contributed by atoms with Gasteiger partial charge in [0, 0.05) is 41.5 Å². The molecule has 0 saturated heterocycles. The number of nitrogens with two attached hydrogens (primary N) is 4. The predicted molar refractivity (Wildman–Crippen MR) is 144 cm³/mol. The van der Waals surface area contributed by atoms with Gasteiger partial charge in [0.1, 0.15) is 0 Å². The second-order valence-corrected chi connectivity index (χ2v) is 8.41. The summed E-state index contributed by atoms with van der Waals surface area (Å²) in [7, 11) is 0. The van der Waals surface area contributed by atoms with Gasteiger partial charge in [-0.1, -0.05) is 6.07 Å². The molecule has 0 aliphatic rings. The molecule has 8 N–H and O–H groups in total. The van der Waals surface area contributed by atoms with Crippen LogP contribution in [0.15, 0.2) is 59.7 Å². The Kier molecular flexibility index (Phi) is 15.0. The maximum atomic E-state index is 10.9. The van der Waals surface area contributed by atoms with E-state index in [0.29, 0.717) is 34.8 Å². The summed E-state index contributed by atoms with van der Waals surface area (Å²) in [6.45, 7) is 4.77. The molecule has 0 amide bonds. The minimum absolute atomic E-state index is 0.210. The second kappa shape index (κ2) is 17.8. The first-order valence-corrected chi connectivity index (χ1v) is 12.4. The van der Waals surface area contributed by atoms with Crippen molar-refractivity contribution in [3.63, 3.8) is 0 Å². The Bertz CT molecular complexity index is 1060. The van der Waals surface area contributed by atoms with Gasteiger partial charge in [-0.15, -0.1) is 22.7 Å². The average Bonchev–Trinajstić information content (AvgIpc) is 3.43. The number of nitrogens with zero attached hydrogens (tertiary/aromatic N) is 4. The summed E-state index contributed by atoms with van der Waals surface area (Å²) >= 11 is 2.79. The Balaban J connectivity index is 0.000000239. The zero-order valence-electron chi connectivity index (χ0n) is 19.8. The Hall–Kier alpha value is -3.61. The number of hydrogen-bond acceptors (Lipinski definition) is 12. The number of anilines is 3. The lowest BCUT2D eigenvalue weighted by atomic mass is 10.3. The summed E-state index contributed by atoms with van der Waals surface area (Å²) in [5.41, 5.74) is 24.7. The molecule has 35 heavy (non-hydrogen) atoms. The number of carbonyl (C=O) groups is 1. The van der Waals surface area contributed by atoms with E-state index in [9.17, 15) is 4.79 Å². The average molecular weight is 517 g/mol. The standard InChI is InChI=1S/C7H10N2O2S.C7H10N2.C5H6N2.C4H6N2S/c1-2-11-6(10)3-5-4-12-7(8)9-5;8-5-4-7-3-1-2-6-9-7;6-5-2-1-3-7-4-5;1-3-2-7-4(5)6-3/h4H,2-3H2,1H3,(H2,8,9);1-3,6H,4-5,8H2;1-4H,6H2;2H,1H3,(H2,5,6). The molecule has 0 aliphatic heterocycles.